The topological polar surface area (TPSA) is 88.1 Å². The number of amides is 2. The molecule has 2 aromatic rings. The van der Waals surface area contributed by atoms with Crippen LogP contribution in [0.2, 0.25) is 5.02 Å². The molecule has 0 saturated heterocycles. The van der Waals surface area contributed by atoms with Gasteiger partial charge in [-0.1, -0.05) is 11.6 Å². The Balaban J connectivity index is 1.87. The molecule has 23 heavy (non-hydrogen) atoms. The number of hydrogen-bond acceptors (Lipinski definition) is 4. The van der Waals surface area contributed by atoms with Gasteiger partial charge >= 0.3 is 0 Å². The largest absolute Gasteiger partial charge is 0.345 e. The van der Waals surface area contributed by atoms with Crippen molar-refractivity contribution in [3.8, 4) is 0 Å². The monoisotopic (exact) mass is 335 g/mol. The highest BCUT2D eigenvalue weighted by molar-refractivity contribution is 6.30. The molecule has 0 aliphatic heterocycles. The Morgan fingerprint density at radius 2 is 2.00 bits per heavy atom. The summed E-state index contributed by atoms with van der Waals surface area (Å²) in [5.41, 5.74) is 1.34. The number of carbonyl (C=O) groups excluding carboxylic acids is 2. The third-order valence-corrected chi connectivity index (χ3v) is 3.41. The van der Waals surface area contributed by atoms with E-state index in [2.05, 4.69) is 21.0 Å². The molecule has 1 aromatic carbocycles. The molecule has 0 saturated carbocycles. The summed E-state index contributed by atoms with van der Waals surface area (Å²) >= 11 is 5.78. The number of anilines is 1. The quantitative estimate of drug-likeness (QED) is 0.737. The lowest BCUT2D eigenvalue weighted by molar-refractivity contribution is -0.125. The molecule has 3 N–H and O–H groups in total. The maximum absolute atomic E-state index is 12.2. The van der Waals surface area contributed by atoms with Crippen molar-refractivity contribution in [1.82, 2.24) is 20.4 Å². The second-order valence-corrected chi connectivity index (χ2v) is 5.38. The van der Waals surface area contributed by atoms with Crippen LogP contribution in [0.25, 0.3) is 0 Å². The zero-order valence-corrected chi connectivity index (χ0v) is 13.6. The Labute approximate surface area is 139 Å². The molecule has 0 spiro atoms. The summed E-state index contributed by atoms with van der Waals surface area (Å²) in [7, 11) is 3.44. The maximum atomic E-state index is 12.2. The second-order valence-electron chi connectivity index (χ2n) is 4.94. The van der Waals surface area contributed by atoms with Crippen LogP contribution in [-0.4, -0.2) is 35.2 Å². The fourth-order valence-electron chi connectivity index (χ4n) is 2.05. The molecule has 8 heteroatoms. The molecular formula is C15H18ClN5O2. The highest BCUT2D eigenvalue weighted by Crippen LogP contribution is 2.13. The Morgan fingerprint density at radius 1 is 1.30 bits per heavy atom. The summed E-state index contributed by atoms with van der Waals surface area (Å²) in [4.78, 5) is 24.0. The maximum Gasteiger partial charge on any atom is 0.243 e. The lowest BCUT2D eigenvalue weighted by atomic mass is 10.1. The van der Waals surface area contributed by atoms with Gasteiger partial charge in [0.05, 0.1) is 12.7 Å². The van der Waals surface area contributed by atoms with E-state index in [4.69, 9.17) is 11.6 Å². The second kappa shape index (κ2) is 7.75. The third kappa shape index (κ3) is 4.80. The predicted molar refractivity (Wildman–Crippen MR) is 88.1 cm³/mol. The zero-order chi connectivity index (χ0) is 16.8. The van der Waals surface area contributed by atoms with Crippen molar-refractivity contribution in [3.05, 3.63) is 47.2 Å². The number of likely N-dealkylation sites (N-methyl/N-ethyl adjacent to an activating group) is 1. The number of hydrogen-bond donors (Lipinski definition) is 3. The van der Waals surface area contributed by atoms with Crippen molar-refractivity contribution in [2.45, 2.75) is 6.04 Å². The van der Waals surface area contributed by atoms with E-state index in [1.54, 1.807) is 55.4 Å². The normalized spacial score (nSPS) is 11.8. The molecule has 0 aliphatic rings. The Kier molecular flexibility index (Phi) is 5.72. The minimum atomic E-state index is -0.563. The van der Waals surface area contributed by atoms with E-state index < -0.39 is 6.04 Å². The van der Waals surface area contributed by atoms with E-state index in [9.17, 15) is 9.59 Å². The highest BCUT2D eigenvalue weighted by Gasteiger charge is 2.20. The molecule has 122 valence electrons. The van der Waals surface area contributed by atoms with Crippen LogP contribution in [0.3, 0.4) is 0 Å². The van der Waals surface area contributed by atoms with Gasteiger partial charge in [0.1, 0.15) is 6.04 Å². The van der Waals surface area contributed by atoms with E-state index in [-0.39, 0.29) is 18.4 Å². The summed E-state index contributed by atoms with van der Waals surface area (Å²) in [6.45, 7) is -0.125. The molecule has 0 aliphatic carbocycles. The van der Waals surface area contributed by atoms with Crippen molar-refractivity contribution in [2.24, 2.45) is 7.05 Å². The first-order valence-electron chi connectivity index (χ1n) is 6.98. The van der Waals surface area contributed by atoms with Crippen molar-refractivity contribution < 1.29 is 9.59 Å². The summed E-state index contributed by atoms with van der Waals surface area (Å²) in [6.07, 6.45) is 3.35. The standard InChI is InChI=1S/C15H18ClN5O2/c1-17-14(10-7-19-21(2)9-10)15(23)18-8-13(22)20-12-5-3-11(16)4-6-12/h3-7,9,14,17H,8H2,1-2H3,(H,18,23)(H,20,22). The minimum absolute atomic E-state index is 0.125. The SMILES string of the molecule is CNC(C(=O)NCC(=O)Nc1ccc(Cl)cc1)c1cnn(C)c1. The number of nitrogens with one attached hydrogen (secondary N) is 3. The van der Waals surface area contributed by atoms with Crippen LogP contribution in [0.5, 0.6) is 0 Å². The van der Waals surface area contributed by atoms with Gasteiger partial charge in [-0.25, -0.2) is 0 Å². The smallest absolute Gasteiger partial charge is 0.243 e. The molecule has 0 fully saturated rings. The Bertz CT molecular complexity index is 683. The number of nitrogens with zero attached hydrogens (tertiary/aromatic N) is 2. The van der Waals surface area contributed by atoms with Gasteiger partial charge in [-0.2, -0.15) is 5.10 Å². The first-order valence-corrected chi connectivity index (χ1v) is 7.36. The summed E-state index contributed by atoms with van der Waals surface area (Å²) < 4.78 is 1.61. The molecular weight excluding hydrogens is 318 g/mol. The summed E-state index contributed by atoms with van der Waals surface area (Å²) in [5.74, 6) is -0.617. The molecule has 1 heterocycles. The van der Waals surface area contributed by atoms with Crippen LogP contribution in [0.1, 0.15) is 11.6 Å². The van der Waals surface area contributed by atoms with E-state index in [0.717, 1.165) is 5.56 Å². The van der Waals surface area contributed by atoms with E-state index in [1.807, 2.05) is 0 Å². The predicted octanol–water partition coefficient (Wildman–Crippen LogP) is 1.09. The van der Waals surface area contributed by atoms with Gasteiger partial charge in [-0.05, 0) is 31.3 Å². The Hall–Kier alpha value is -2.38. The first-order chi connectivity index (χ1) is 11.0. The van der Waals surface area contributed by atoms with Crippen molar-refractivity contribution in [1.29, 1.82) is 0 Å². The van der Waals surface area contributed by atoms with Gasteiger partial charge in [0.15, 0.2) is 0 Å². The molecule has 1 aromatic heterocycles. The van der Waals surface area contributed by atoms with Crippen molar-refractivity contribution in [3.63, 3.8) is 0 Å². The molecule has 1 atom stereocenters. The number of aromatic nitrogens is 2. The van der Waals surface area contributed by atoms with Crippen LogP contribution in [0.4, 0.5) is 5.69 Å². The van der Waals surface area contributed by atoms with E-state index in [1.165, 1.54) is 0 Å². The molecule has 2 amide bonds. The van der Waals surface area contributed by atoms with Crippen molar-refractivity contribution in [2.75, 3.05) is 18.9 Å². The molecule has 1 unspecified atom stereocenters. The number of rotatable bonds is 6. The number of halogens is 1. The summed E-state index contributed by atoms with van der Waals surface area (Å²) in [5, 5.41) is 12.8. The van der Waals surface area contributed by atoms with Crippen LogP contribution < -0.4 is 16.0 Å². The fourth-order valence-corrected chi connectivity index (χ4v) is 2.17. The number of benzene rings is 1. The van der Waals surface area contributed by atoms with Gasteiger partial charge in [0.2, 0.25) is 11.8 Å². The highest BCUT2D eigenvalue weighted by atomic mass is 35.5. The average molecular weight is 336 g/mol. The van der Waals surface area contributed by atoms with Gasteiger partial charge in [0, 0.05) is 29.5 Å². The molecule has 7 nitrogen and oxygen atoms in total. The zero-order valence-electron chi connectivity index (χ0n) is 12.8. The molecule has 0 radical (unpaired) electrons. The minimum Gasteiger partial charge on any atom is -0.345 e. The lowest BCUT2D eigenvalue weighted by Crippen LogP contribution is -2.39. The summed E-state index contributed by atoms with van der Waals surface area (Å²) in [6, 6.07) is 6.17. The number of aryl methyl sites for hydroxylation is 1. The van der Waals surface area contributed by atoms with Crippen LogP contribution >= 0.6 is 11.6 Å². The van der Waals surface area contributed by atoms with Crippen LogP contribution in [0, 0.1) is 0 Å². The lowest BCUT2D eigenvalue weighted by Gasteiger charge is -2.14. The third-order valence-electron chi connectivity index (χ3n) is 3.16. The fraction of sp³-hybridized carbons (Fsp3) is 0.267. The van der Waals surface area contributed by atoms with Crippen LogP contribution in [-0.2, 0) is 16.6 Å². The van der Waals surface area contributed by atoms with E-state index >= 15 is 0 Å². The van der Waals surface area contributed by atoms with E-state index in [0.29, 0.717) is 10.7 Å². The molecule has 0 bridgehead atoms. The van der Waals surface area contributed by atoms with Gasteiger partial charge in [-0.15, -0.1) is 0 Å². The van der Waals surface area contributed by atoms with Gasteiger partial charge < -0.3 is 16.0 Å². The Morgan fingerprint density at radius 3 is 2.57 bits per heavy atom. The molecule has 2 rings (SSSR count). The van der Waals surface area contributed by atoms with Gasteiger partial charge in [-0.3, -0.25) is 14.3 Å². The first kappa shape index (κ1) is 17.0. The van der Waals surface area contributed by atoms with Gasteiger partial charge in [0.25, 0.3) is 0 Å². The van der Waals surface area contributed by atoms with Crippen molar-refractivity contribution >= 4 is 29.1 Å². The average Bonchev–Trinajstić information content (AvgIpc) is 2.94. The number of carbonyl (C=O) groups is 2. The van der Waals surface area contributed by atoms with Crippen LogP contribution in [0.15, 0.2) is 36.7 Å².